The van der Waals surface area contributed by atoms with E-state index in [1.54, 1.807) is 0 Å². The maximum atomic E-state index is 3.94. The third-order valence-electron chi connectivity index (χ3n) is 6.76. The van der Waals surface area contributed by atoms with Gasteiger partial charge in [0.1, 0.15) is 0 Å². The molecule has 6 aromatic rings. The molecule has 4 aromatic carbocycles. The Bertz CT molecular complexity index is 1700. The lowest BCUT2D eigenvalue weighted by atomic mass is 10.1. The molecule has 0 saturated carbocycles. The van der Waals surface area contributed by atoms with Gasteiger partial charge >= 0.3 is 0 Å². The molecule has 3 heteroatoms. The first-order chi connectivity index (χ1) is 16.8. The number of hydrogen-bond acceptors (Lipinski definition) is 1. The predicted octanol–water partition coefficient (Wildman–Crippen LogP) is 7.96. The van der Waals surface area contributed by atoms with Gasteiger partial charge in [-0.25, -0.2) is 0 Å². The Balaban J connectivity index is 1.66. The van der Waals surface area contributed by atoms with Crippen molar-refractivity contribution in [2.24, 2.45) is 0 Å². The molecule has 0 saturated heterocycles. The summed E-state index contributed by atoms with van der Waals surface area (Å²) in [4.78, 5) is 0. The number of rotatable bonds is 6. The summed E-state index contributed by atoms with van der Waals surface area (Å²) in [5.74, 6) is 0. The van der Waals surface area contributed by atoms with Gasteiger partial charge in [-0.2, -0.15) is 0 Å². The molecule has 0 aliphatic carbocycles. The molecule has 0 spiro atoms. The fourth-order valence-electron chi connectivity index (χ4n) is 5.10. The van der Waals surface area contributed by atoms with Gasteiger partial charge in [-0.05, 0) is 42.8 Å². The van der Waals surface area contributed by atoms with Crippen molar-refractivity contribution in [3.63, 3.8) is 0 Å². The Labute approximate surface area is 199 Å². The van der Waals surface area contributed by atoms with E-state index in [2.05, 4.69) is 125 Å². The lowest BCUT2D eigenvalue weighted by molar-refractivity contribution is 0.959. The molecule has 166 valence electrons. The van der Waals surface area contributed by atoms with Crippen molar-refractivity contribution < 1.29 is 0 Å². The molecule has 6 rings (SSSR count). The number of allylic oxidation sites excluding steroid dienone is 2. The number of nitrogens with one attached hydrogen (secondary N) is 1. The first-order valence-electron chi connectivity index (χ1n) is 11.9. The average Bonchev–Trinajstić information content (AvgIpc) is 3.38. The molecule has 0 radical (unpaired) electrons. The van der Waals surface area contributed by atoms with Gasteiger partial charge in [0.05, 0.1) is 28.6 Å². The molecular weight excluding hydrogens is 414 g/mol. The van der Waals surface area contributed by atoms with Crippen LogP contribution in [0.3, 0.4) is 0 Å². The number of aromatic nitrogens is 2. The normalized spacial score (nSPS) is 12.2. The van der Waals surface area contributed by atoms with E-state index >= 15 is 0 Å². The Morgan fingerprint density at radius 3 is 2.12 bits per heavy atom. The second kappa shape index (κ2) is 8.27. The van der Waals surface area contributed by atoms with Crippen molar-refractivity contribution in [1.82, 2.24) is 9.24 Å². The van der Waals surface area contributed by atoms with E-state index in [0.717, 1.165) is 13.0 Å². The van der Waals surface area contributed by atoms with Crippen LogP contribution in [0.5, 0.6) is 0 Å². The van der Waals surface area contributed by atoms with E-state index in [1.165, 1.54) is 54.9 Å². The van der Waals surface area contributed by atoms with Crippen LogP contribution in [0.25, 0.3) is 49.3 Å². The molecule has 2 heterocycles. The molecule has 0 fully saturated rings. The zero-order valence-corrected chi connectivity index (χ0v) is 19.3. The zero-order chi connectivity index (χ0) is 23.1. The molecule has 0 aliphatic heterocycles. The number of para-hydroxylation sites is 3. The van der Waals surface area contributed by atoms with Gasteiger partial charge in [0.15, 0.2) is 0 Å². The largest absolute Gasteiger partial charge is 0.321 e. The Morgan fingerprint density at radius 2 is 1.38 bits per heavy atom. The molecule has 0 bridgehead atoms. The first kappa shape index (κ1) is 20.4. The summed E-state index contributed by atoms with van der Waals surface area (Å²) in [6.07, 6.45) is 5.14. The fourth-order valence-corrected chi connectivity index (χ4v) is 5.10. The smallest absolute Gasteiger partial charge is 0.0727 e. The molecule has 34 heavy (non-hydrogen) atoms. The van der Waals surface area contributed by atoms with E-state index in [9.17, 15) is 0 Å². The lowest BCUT2D eigenvalue weighted by Gasteiger charge is -2.11. The predicted molar refractivity (Wildman–Crippen MR) is 147 cm³/mol. The van der Waals surface area contributed by atoms with Crippen LogP contribution in [-0.2, 0) is 0 Å². The zero-order valence-electron chi connectivity index (χ0n) is 19.3. The summed E-state index contributed by atoms with van der Waals surface area (Å²) in [6.45, 7) is 6.83. The summed E-state index contributed by atoms with van der Waals surface area (Å²) in [7, 11) is 0. The van der Waals surface area contributed by atoms with Crippen LogP contribution < -0.4 is 5.43 Å². The monoisotopic (exact) mass is 441 g/mol. The molecule has 0 aliphatic rings. The van der Waals surface area contributed by atoms with Crippen LogP contribution in [0.1, 0.15) is 13.3 Å². The van der Waals surface area contributed by atoms with Gasteiger partial charge in [0, 0.05) is 27.2 Å². The fraction of sp³-hybridized carbons (Fsp3) is 0.0968. The highest BCUT2D eigenvalue weighted by Gasteiger charge is 2.17. The third-order valence-corrected chi connectivity index (χ3v) is 6.76. The molecular formula is C31H27N3. The summed E-state index contributed by atoms with van der Waals surface area (Å²) in [5.41, 5.74) is 10.9. The minimum atomic E-state index is 0.739. The number of benzene rings is 4. The summed E-state index contributed by atoms with van der Waals surface area (Å²) < 4.78 is 4.61. The van der Waals surface area contributed by atoms with E-state index in [-0.39, 0.29) is 0 Å². The highest BCUT2D eigenvalue weighted by molar-refractivity contribution is 6.18. The Morgan fingerprint density at radius 1 is 0.735 bits per heavy atom. The number of nitrogens with zero attached hydrogens (tertiary/aromatic N) is 2. The maximum Gasteiger partial charge on any atom is 0.0727 e. The second-order valence-electron chi connectivity index (χ2n) is 8.63. The SMILES string of the molecule is C=C/C(=C\CNn1c2ccccc2c2cc3c4ccccc4n(-c4ccccc4)c3cc21)CC. The molecule has 0 amide bonds. The molecule has 0 unspecified atom stereocenters. The van der Waals surface area contributed by atoms with Crippen molar-refractivity contribution in [2.75, 3.05) is 12.0 Å². The van der Waals surface area contributed by atoms with Crippen molar-refractivity contribution in [3.05, 3.63) is 115 Å². The number of hydrogen-bond donors (Lipinski definition) is 1. The molecule has 3 nitrogen and oxygen atoms in total. The first-order valence-corrected chi connectivity index (χ1v) is 11.9. The van der Waals surface area contributed by atoms with Crippen molar-refractivity contribution >= 4 is 43.6 Å². The minimum absolute atomic E-state index is 0.739. The van der Waals surface area contributed by atoms with E-state index in [1.807, 2.05) is 6.08 Å². The van der Waals surface area contributed by atoms with Crippen LogP contribution in [0.15, 0.2) is 115 Å². The number of fused-ring (bicyclic) bond motifs is 6. The summed E-state index contributed by atoms with van der Waals surface area (Å²) in [5, 5.41) is 5.06. The molecule has 2 aromatic heterocycles. The van der Waals surface area contributed by atoms with Crippen molar-refractivity contribution in [3.8, 4) is 5.69 Å². The minimum Gasteiger partial charge on any atom is -0.321 e. The maximum absolute atomic E-state index is 3.94. The average molecular weight is 442 g/mol. The quantitative estimate of drug-likeness (QED) is 0.260. The third kappa shape index (κ3) is 3.12. The van der Waals surface area contributed by atoms with Gasteiger partial charge in [0.2, 0.25) is 0 Å². The van der Waals surface area contributed by atoms with Gasteiger partial charge in [-0.15, -0.1) is 0 Å². The van der Waals surface area contributed by atoms with Crippen LogP contribution in [-0.4, -0.2) is 15.8 Å². The van der Waals surface area contributed by atoms with Crippen LogP contribution in [0.4, 0.5) is 0 Å². The second-order valence-corrected chi connectivity index (χ2v) is 8.63. The van der Waals surface area contributed by atoms with E-state index in [0.29, 0.717) is 0 Å². The lowest BCUT2D eigenvalue weighted by Crippen LogP contribution is -2.14. The van der Waals surface area contributed by atoms with Gasteiger partial charge in [0.25, 0.3) is 0 Å². The van der Waals surface area contributed by atoms with Gasteiger partial charge in [-0.3, -0.25) is 4.68 Å². The van der Waals surface area contributed by atoms with Crippen molar-refractivity contribution in [2.45, 2.75) is 13.3 Å². The summed E-state index contributed by atoms with van der Waals surface area (Å²) >= 11 is 0. The standard InChI is InChI=1S/C31H27N3/c1-3-22(4-2)18-19-32-34-29-17-11-9-15-25(29)27-20-26-24-14-8-10-16-28(24)33(30(26)21-31(27)34)23-12-6-5-7-13-23/h3,5-18,20-21,32H,1,4,19H2,2H3/b22-18+. The highest BCUT2D eigenvalue weighted by atomic mass is 15.4. The topological polar surface area (TPSA) is 21.9 Å². The van der Waals surface area contributed by atoms with Gasteiger partial charge < -0.3 is 9.99 Å². The summed E-state index contributed by atoms with van der Waals surface area (Å²) in [6, 6.07) is 32.6. The van der Waals surface area contributed by atoms with Crippen LogP contribution in [0.2, 0.25) is 0 Å². The molecule has 0 atom stereocenters. The Hall–Kier alpha value is -4.24. The van der Waals surface area contributed by atoms with Gasteiger partial charge in [-0.1, -0.05) is 85.8 Å². The van der Waals surface area contributed by atoms with Crippen molar-refractivity contribution in [1.29, 1.82) is 0 Å². The van der Waals surface area contributed by atoms with E-state index < -0.39 is 0 Å². The molecule has 1 N–H and O–H groups in total. The van der Waals surface area contributed by atoms with Crippen LogP contribution >= 0.6 is 0 Å². The highest BCUT2D eigenvalue weighted by Crippen LogP contribution is 2.37. The Kier molecular flexibility index (Phi) is 4.96. The van der Waals surface area contributed by atoms with Crippen LogP contribution in [0, 0.1) is 0 Å². The van der Waals surface area contributed by atoms with E-state index in [4.69, 9.17) is 0 Å².